The molecule has 0 bridgehead atoms. The quantitative estimate of drug-likeness (QED) is 0.560. The summed E-state index contributed by atoms with van der Waals surface area (Å²) in [5.74, 6) is -1.34. The van der Waals surface area contributed by atoms with Gasteiger partial charge in [-0.3, -0.25) is 24.0 Å². The first-order chi connectivity index (χ1) is 16.3. The standard InChI is InChI=1S/C24H32N4O6/c1-3-34-24(33)18-10-13-27(14-11-18)22(31)16-26(2)21(30)15-25-23(32)17-6-8-19(9-7-17)28-12-4-5-20(28)29/h6-9,18H,3-5,10-16H2,1-2H3,(H,25,32). The fourth-order valence-electron chi connectivity index (χ4n) is 4.12. The minimum absolute atomic E-state index is 0.0729. The van der Waals surface area contributed by atoms with Crippen molar-refractivity contribution in [1.82, 2.24) is 15.1 Å². The Balaban J connectivity index is 1.41. The van der Waals surface area contributed by atoms with Crippen LogP contribution in [-0.4, -0.2) is 85.8 Å². The predicted molar refractivity (Wildman–Crippen MR) is 124 cm³/mol. The first-order valence-corrected chi connectivity index (χ1v) is 11.7. The molecule has 184 valence electrons. The summed E-state index contributed by atoms with van der Waals surface area (Å²) >= 11 is 0. The van der Waals surface area contributed by atoms with Gasteiger partial charge in [-0.1, -0.05) is 0 Å². The molecule has 0 radical (unpaired) electrons. The predicted octanol–water partition coefficient (Wildman–Crippen LogP) is 0.803. The second-order valence-electron chi connectivity index (χ2n) is 8.54. The summed E-state index contributed by atoms with van der Waals surface area (Å²) < 4.78 is 5.04. The van der Waals surface area contributed by atoms with Gasteiger partial charge in [-0.2, -0.15) is 0 Å². The van der Waals surface area contributed by atoms with Crippen molar-refractivity contribution in [3.8, 4) is 0 Å². The molecule has 1 N–H and O–H groups in total. The maximum absolute atomic E-state index is 12.5. The van der Waals surface area contributed by atoms with Crippen LogP contribution in [0.3, 0.4) is 0 Å². The SMILES string of the molecule is CCOC(=O)C1CCN(C(=O)CN(C)C(=O)CNC(=O)c2ccc(N3CCCC3=O)cc2)CC1. The first-order valence-electron chi connectivity index (χ1n) is 11.7. The minimum Gasteiger partial charge on any atom is -0.466 e. The molecule has 2 aliphatic heterocycles. The van der Waals surface area contributed by atoms with Gasteiger partial charge in [0.05, 0.1) is 25.6 Å². The Hall–Kier alpha value is -3.43. The van der Waals surface area contributed by atoms with Gasteiger partial charge in [0.1, 0.15) is 0 Å². The number of nitrogens with one attached hydrogen (secondary N) is 1. The van der Waals surface area contributed by atoms with Gasteiger partial charge in [0.15, 0.2) is 0 Å². The Morgan fingerprint density at radius 2 is 1.76 bits per heavy atom. The molecule has 34 heavy (non-hydrogen) atoms. The Kier molecular flexibility index (Phi) is 8.61. The molecule has 2 aliphatic rings. The molecule has 10 heteroatoms. The van der Waals surface area contributed by atoms with E-state index in [9.17, 15) is 24.0 Å². The Morgan fingerprint density at radius 3 is 2.35 bits per heavy atom. The Bertz CT molecular complexity index is 924. The van der Waals surface area contributed by atoms with Gasteiger partial charge < -0.3 is 24.8 Å². The van der Waals surface area contributed by atoms with Crippen molar-refractivity contribution < 1.29 is 28.7 Å². The summed E-state index contributed by atoms with van der Waals surface area (Å²) in [6.45, 7) is 3.33. The number of ether oxygens (including phenoxy) is 1. The van der Waals surface area contributed by atoms with E-state index < -0.39 is 5.91 Å². The van der Waals surface area contributed by atoms with Crippen LogP contribution in [0.15, 0.2) is 24.3 Å². The van der Waals surface area contributed by atoms with Crippen LogP contribution in [0.5, 0.6) is 0 Å². The van der Waals surface area contributed by atoms with Gasteiger partial charge in [-0.25, -0.2) is 0 Å². The van der Waals surface area contributed by atoms with Gasteiger partial charge >= 0.3 is 5.97 Å². The van der Waals surface area contributed by atoms with Crippen LogP contribution in [-0.2, 0) is 23.9 Å². The number of esters is 1. The summed E-state index contributed by atoms with van der Waals surface area (Å²) in [5.41, 5.74) is 1.13. The number of anilines is 1. The van der Waals surface area contributed by atoms with E-state index >= 15 is 0 Å². The number of hydrogen-bond acceptors (Lipinski definition) is 6. The number of amides is 4. The molecule has 2 heterocycles. The number of carbonyl (C=O) groups is 5. The molecule has 1 aromatic rings. The second kappa shape index (κ2) is 11.6. The number of benzene rings is 1. The maximum atomic E-state index is 12.5. The first kappa shape index (κ1) is 25.2. The van der Waals surface area contributed by atoms with E-state index in [0.29, 0.717) is 51.1 Å². The maximum Gasteiger partial charge on any atom is 0.309 e. The third-order valence-corrected chi connectivity index (χ3v) is 6.18. The van der Waals surface area contributed by atoms with E-state index in [1.807, 2.05) is 0 Å². The van der Waals surface area contributed by atoms with Gasteiger partial charge in [-0.05, 0) is 50.5 Å². The zero-order chi connectivity index (χ0) is 24.7. The zero-order valence-corrected chi connectivity index (χ0v) is 19.7. The molecule has 0 spiro atoms. The lowest BCUT2D eigenvalue weighted by Gasteiger charge is -2.32. The number of carbonyl (C=O) groups excluding carboxylic acids is 5. The molecule has 3 rings (SSSR count). The van der Waals surface area contributed by atoms with Crippen molar-refractivity contribution in [1.29, 1.82) is 0 Å². The van der Waals surface area contributed by atoms with E-state index in [1.54, 1.807) is 41.0 Å². The fraction of sp³-hybridized carbons (Fsp3) is 0.542. The van der Waals surface area contributed by atoms with Crippen LogP contribution in [0.25, 0.3) is 0 Å². The number of rotatable bonds is 8. The normalized spacial score (nSPS) is 16.4. The van der Waals surface area contributed by atoms with Crippen LogP contribution >= 0.6 is 0 Å². The van der Waals surface area contributed by atoms with Gasteiger partial charge in [0, 0.05) is 44.4 Å². The highest BCUT2D eigenvalue weighted by atomic mass is 16.5. The van der Waals surface area contributed by atoms with Crippen LogP contribution < -0.4 is 10.2 Å². The summed E-state index contributed by atoms with van der Waals surface area (Å²) in [7, 11) is 1.51. The Morgan fingerprint density at radius 1 is 1.09 bits per heavy atom. The molecule has 2 fully saturated rings. The average Bonchev–Trinajstić information content (AvgIpc) is 3.28. The van der Waals surface area contributed by atoms with E-state index in [0.717, 1.165) is 12.1 Å². The lowest BCUT2D eigenvalue weighted by Crippen LogP contribution is -2.47. The highest BCUT2D eigenvalue weighted by molar-refractivity contribution is 5.98. The number of nitrogens with zero attached hydrogens (tertiary/aromatic N) is 3. The molecule has 1 aromatic carbocycles. The minimum atomic E-state index is -0.409. The van der Waals surface area contributed by atoms with E-state index in [-0.39, 0.29) is 42.7 Å². The van der Waals surface area contributed by atoms with Crippen LogP contribution in [0.1, 0.15) is 43.0 Å². The molecule has 0 aliphatic carbocycles. The summed E-state index contributed by atoms with van der Waals surface area (Å²) in [6, 6.07) is 6.67. The monoisotopic (exact) mass is 472 g/mol. The molecule has 0 aromatic heterocycles. The van der Waals surface area contributed by atoms with Crippen molar-refractivity contribution >= 4 is 35.3 Å². The summed E-state index contributed by atoms with van der Waals surface area (Å²) in [4.78, 5) is 65.6. The summed E-state index contributed by atoms with van der Waals surface area (Å²) in [6.07, 6.45) is 2.45. The van der Waals surface area contributed by atoms with E-state index in [4.69, 9.17) is 4.74 Å². The summed E-state index contributed by atoms with van der Waals surface area (Å²) in [5, 5.41) is 2.57. The Labute approximate surface area is 199 Å². The van der Waals surface area contributed by atoms with Crippen LogP contribution in [0, 0.1) is 5.92 Å². The highest BCUT2D eigenvalue weighted by Gasteiger charge is 2.29. The van der Waals surface area contributed by atoms with E-state index in [2.05, 4.69) is 5.32 Å². The lowest BCUT2D eigenvalue weighted by molar-refractivity contribution is -0.151. The van der Waals surface area contributed by atoms with Gasteiger partial charge in [-0.15, -0.1) is 0 Å². The third kappa shape index (κ3) is 6.33. The third-order valence-electron chi connectivity index (χ3n) is 6.18. The molecular weight excluding hydrogens is 440 g/mol. The molecule has 2 saturated heterocycles. The van der Waals surface area contributed by atoms with E-state index in [1.165, 1.54) is 11.9 Å². The number of likely N-dealkylation sites (tertiary alicyclic amines) is 1. The topological polar surface area (TPSA) is 116 Å². The van der Waals surface area contributed by atoms with Crippen molar-refractivity contribution in [2.24, 2.45) is 5.92 Å². The molecule has 0 atom stereocenters. The van der Waals surface area contributed by atoms with Crippen LogP contribution in [0.2, 0.25) is 0 Å². The number of likely N-dealkylation sites (N-methyl/N-ethyl adjacent to an activating group) is 1. The van der Waals surface area contributed by atoms with Crippen molar-refractivity contribution in [3.05, 3.63) is 29.8 Å². The molecule has 10 nitrogen and oxygen atoms in total. The average molecular weight is 473 g/mol. The van der Waals surface area contributed by atoms with Gasteiger partial charge in [0.25, 0.3) is 5.91 Å². The molecule has 0 unspecified atom stereocenters. The second-order valence-corrected chi connectivity index (χ2v) is 8.54. The van der Waals surface area contributed by atoms with Crippen molar-refractivity contribution in [2.45, 2.75) is 32.6 Å². The number of hydrogen-bond donors (Lipinski definition) is 1. The largest absolute Gasteiger partial charge is 0.466 e. The highest BCUT2D eigenvalue weighted by Crippen LogP contribution is 2.21. The fourth-order valence-corrected chi connectivity index (χ4v) is 4.12. The van der Waals surface area contributed by atoms with Crippen LogP contribution in [0.4, 0.5) is 5.69 Å². The van der Waals surface area contributed by atoms with Crippen molar-refractivity contribution in [3.63, 3.8) is 0 Å². The smallest absolute Gasteiger partial charge is 0.309 e. The molecular formula is C24H32N4O6. The number of piperidine rings is 1. The van der Waals surface area contributed by atoms with Gasteiger partial charge in [0.2, 0.25) is 17.7 Å². The molecule has 0 saturated carbocycles. The van der Waals surface area contributed by atoms with Crippen molar-refractivity contribution in [2.75, 3.05) is 51.3 Å². The molecule has 4 amide bonds. The zero-order valence-electron chi connectivity index (χ0n) is 19.7. The lowest BCUT2D eigenvalue weighted by atomic mass is 9.97.